The second kappa shape index (κ2) is 8.56. The van der Waals surface area contributed by atoms with Crippen LogP contribution in [0.2, 0.25) is 5.02 Å². The van der Waals surface area contributed by atoms with Crippen molar-refractivity contribution < 1.29 is 9.84 Å². The molecule has 22 heavy (non-hydrogen) atoms. The van der Waals surface area contributed by atoms with Gasteiger partial charge in [-0.25, -0.2) is 0 Å². The minimum Gasteiger partial charge on any atom is -0.494 e. The number of aliphatic hydroxyl groups excluding tert-OH is 1. The first-order chi connectivity index (χ1) is 10.6. The minimum absolute atomic E-state index is 0.192. The fourth-order valence-corrected chi connectivity index (χ4v) is 3.16. The van der Waals surface area contributed by atoms with Crippen LogP contribution in [0.3, 0.4) is 0 Å². The van der Waals surface area contributed by atoms with E-state index in [0.29, 0.717) is 6.61 Å². The number of aryl methyl sites for hydroxylation is 1. The molecule has 0 fully saturated rings. The Morgan fingerprint density at radius 3 is 2.50 bits per heavy atom. The van der Waals surface area contributed by atoms with E-state index in [1.165, 1.54) is 5.56 Å². The zero-order valence-corrected chi connectivity index (χ0v) is 15.0. The zero-order valence-electron chi connectivity index (χ0n) is 12.6. The number of hydrogen-bond acceptors (Lipinski definition) is 2. The average Bonchev–Trinajstić information content (AvgIpc) is 2.51. The van der Waals surface area contributed by atoms with E-state index in [1.807, 2.05) is 25.1 Å². The summed E-state index contributed by atoms with van der Waals surface area (Å²) in [7, 11) is 0. The van der Waals surface area contributed by atoms with Crippen molar-refractivity contribution in [2.24, 2.45) is 0 Å². The highest BCUT2D eigenvalue weighted by atomic mass is 79.9. The van der Waals surface area contributed by atoms with Gasteiger partial charge in [0.05, 0.1) is 6.61 Å². The second-order valence-corrected chi connectivity index (χ2v) is 6.38. The standard InChI is InChI=1S/C18H20BrClO2/c1-2-22-16-7-5-13(6-8-16)10-15-11-17(19)14(4-3-9-21)12-18(15)20/h5-8,11-12,21H,2-4,9-10H2,1H3. The molecule has 0 aliphatic rings. The molecule has 0 bridgehead atoms. The van der Waals surface area contributed by atoms with Gasteiger partial charge in [0.1, 0.15) is 5.75 Å². The summed E-state index contributed by atoms with van der Waals surface area (Å²) < 4.78 is 6.50. The van der Waals surface area contributed by atoms with Crippen LogP contribution in [0.25, 0.3) is 0 Å². The Kier molecular flexibility index (Phi) is 6.74. The summed E-state index contributed by atoms with van der Waals surface area (Å²) in [5.74, 6) is 0.887. The summed E-state index contributed by atoms with van der Waals surface area (Å²) in [6.07, 6.45) is 2.34. The van der Waals surface area contributed by atoms with Crippen molar-refractivity contribution in [1.82, 2.24) is 0 Å². The van der Waals surface area contributed by atoms with E-state index in [9.17, 15) is 0 Å². The van der Waals surface area contributed by atoms with Crippen LogP contribution >= 0.6 is 27.5 Å². The van der Waals surface area contributed by atoms with Gasteiger partial charge in [0.15, 0.2) is 0 Å². The monoisotopic (exact) mass is 382 g/mol. The summed E-state index contributed by atoms with van der Waals surface area (Å²) in [5.41, 5.74) is 3.42. The maximum Gasteiger partial charge on any atom is 0.119 e. The lowest BCUT2D eigenvalue weighted by Crippen LogP contribution is -1.96. The molecule has 2 aromatic carbocycles. The van der Waals surface area contributed by atoms with E-state index in [1.54, 1.807) is 0 Å². The van der Waals surface area contributed by atoms with E-state index in [0.717, 1.165) is 45.6 Å². The zero-order chi connectivity index (χ0) is 15.9. The molecule has 0 atom stereocenters. The normalized spacial score (nSPS) is 10.7. The predicted octanol–water partition coefficient (Wildman–Crippen LogP) is 5.02. The molecule has 0 saturated heterocycles. The lowest BCUT2D eigenvalue weighted by Gasteiger charge is -2.11. The predicted molar refractivity (Wildman–Crippen MR) is 95.0 cm³/mol. The molecule has 2 aromatic rings. The number of ether oxygens (including phenoxy) is 1. The van der Waals surface area contributed by atoms with Gasteiger partial charge < -0.3 is 9.84 Å². The molecule has 0 aliphatic carbocycles. The van der Waals surface area contributed by atoms with E-state index in [2.05, 4.69) is 34.1 Å². The van der Waals surface area contributed by atoms with Crippen molar-refractivity contribution in [1.29, 1.82) is 0 Å². The third-order valence-corrected chi connectivity index (χ3v) is 4.54. The fraction of sp³-hybridized carbons (Fsp3) is 0.333. The molecule has 0 radical (unpaired) electrons. The van der Waals surface area contributed by atoms with Gasteiger partial charge in [0.25, 0.3) is 0 Å². The first-order valence-electron chi connectivity index (χ1n) is 7.43. The van der Waals surface area contributed by atoms with Crippen LogP contribution < -0.4 is 4.74 Å². The van der Waals surface area contributed by atoms with E-state index < -0.39 is 0 Å². The third kappa shape index (κ3) is 4.73. The van der Waals surface area contributed by atoms with Gasteiger partial charge in [0.2, 0.25) is 0 Å². The minimum atomic E-state index is 0.192. The van der Waals surface area contributed by atoms with Gasteiger partial charge in [-0.3, -0.25) is 0 Å². The average molecular weight is 384 g/mol. The molecule has 1 N–H and O–H groups in total. The number of aliphatic hydroxyl groups is 1. The van der Waals surface area contributed by atoms with Crippen molar-refractivity contribution in [2.45, 2.75) is 26.2 Å². The molecular formula is C18H20BrClO2. The summed E-state index contributed by atoms with van der Waals surface area (Å²) in [4.78, 5) is 0. The van der Waals surface area contributed by atoms with Crippen LogP contribution in [0.1, 0.15) is 30.0 Å². The molecule has 0 aliphatic heterocycles. The maximum absolute atomic E-state index is 8.94. The quantitative estimate of drug-likeness (QED) is 0.727. The van der Waals surface area contributed by atoms with Crippen molar-refractivity contribution >= 4 is 27.5 Å². The van der Waals surface area contributed by atoms with Gasteiger partial charge in [0, 0.05) is 16.1 Å². The van der Waals surface area contributed by atoms with Crippen LogP contribution in [-0.2, 0) is 12.8 Å². The number of halogens is 2. The number of hydrogen-bond donors (Lipinski definition) is 1. The number of benzene rings is 2. The molecule has 2 rings (SSSR count). The topological polar surface area (TPSA) is 29.5 Å². The third-order valence-electron chi connectivity index (χ3n) is 3.45. The highest BCUT2D eigenvalue weighted by Crippen LogP contribution is 2.28. The lowest BCUT2D eigenvalue weighted by atomic mass is 10.0. The smallest absolute Gasteiger partial charge is 0.119 e. The Morgan fingerprint density at radius 1 is 1.14 bits per heavy atom. The lowest BCUT2D eigenvalue weighted by molar-refractivity contribution is 0.288. The first kappa shape index (κ1) is 17.3. The van der Waals surface area contributed by atoms with Crippen molar-refractivity contribution in [3.8, 4) is 5.75 Å². The van der Waals surface area contributed by atoms with Crippen LogP contribution in [0.4, 0.5) is 0 Å². The van der Waals surface area contributed by atoms with Crippen molar-refractivity contribution in [3.63, 3.8) is 0 Å². The molecule has 0 aromatic heterocycles. The Morgan fingerprint density at radius 2 is 1.86 bits per heavy atom. The van der Waals surface area contributed by atoms with Crippen LogP contribution in [0.15, 0.2) is 40.9 Å². The Hall–Kier alpha value is -1.03. The van der Waals surface area contributed by atoms with Crippen molar-refractivity contribution in [3.05, 3.63) is 62.6 Å². The van der Waals surface area contributed by atoms with Gasteiger partial charge in [-0.2, -0.15) is 0 Å². The summed E-state index contributed by atoms with van der Waals surface area (Å²) in [5, 5.41) is 9.71. The Balaban J connectivity index is 2.13. The second-order valence-electron chi connectivity index (χ2n) is 5.12. The molecular weight excluding hydrogens is 364 g/mol. The molecule has 0 amide bonds. The van der Waals surface area contributed by atoms with Crippen LogP contribution in [0.5, 0.6) is 5.75 Å². The number of rotatable bonds is 7. The maximum atomic E-state index is 8.94. The molecule has 2 nitrogen and oxygen atoms in total. The SMILES string of the molecule is CCOc1ccc(Cc2cc(Br)c(CCCO)cc2Cl)cc1. The van der Waals surface area contributed by atoms with E-state index in [4.69, 9.17) is 21.4 Å². The van der Waals surface area contributed by atoms with Crippen molar-refractivity contribution in [2.75, 3.05) is 13.2 Å². The van der Waals surface area contributed by atoms with Crippen LogP contribution in [-0.4, -0.2) is 18.3 Å². The molecule has 4 heteroatoms. The Bertz CT molecular complexity index is 611. The van der Waals surface area contributed by atoms with Crippen LogP contribution in [0, 0.1) is 0 Å². The van der Waals surface area contributed by atoms with E-state index >= 15 is 0 Å². The summed E-state index contributed by atoms with van der Waals surface area (Å²) in [6, 6.07) is 12.2. The molecule has 118 valence electrons. The molecule has 0 unspecified atom stereocenters. The van der Waals surface area contributed by atoms with E-state index in [-0.39, 0.29) is 6.61 Å². The molecule has 0 heterocycles. The van der Waals surface area contributed by atoms with Gasteiger partial charge in [-0.05, 0) is 67.1 Å². The van der Waals surface area contributed by atoms with Gasteiger partial charge in [-0.1, -0.05) is 39.7 Å². The molecule has 0 spiro atoms. The summed E-state index contributed by atoms with van der Waals surface area (Å²) in [6.45, 7) is 2.84. The van der Waals surface area contributed by atoms with Gasteiger partial charge >= 0.3 is 0 Å². The van der Waals surface area contributed by atoms with Gasteiger partial charge in [-0.15, -0.1) is 0 Å². The highest BCUT2D eigenvalue weighted by Gasteiger charge is 2.08. The molecule has 0 saturated carbocycles. The highest BCUT2D eigenvalue weighted by molar-refractivity contribution is 9.10. The first-order valence-corrected chi connectivity index (χ1v) is 8.60. The largest absolute Gasteiger partial charge is 0.494 e. The fourth-order valence-electron chi connectivity index (χ4n) is 2.32. The summed E-state index contributed by atoms with van der Waals surface area (Å²) >= 11 is 10.00. The Labute approximate surface area is 145 Å².